The number of piperazine rings is 1. The van der Waals surface area contributed by atoms with Crippen LogP contribution < -0.4 is 5.32 Å². The Hall–Kier alpha value is -0.860. The summed E-state index contributed by atoms with van der Waals surface area (Å²) in [7, 11) is 0. The van der Waals surface area contributed by atoms with Crippen molar-refractivity contribution in [3.8, 4) is 0 Å². The molecule has 1 fully saturated rings. The Labute approximate surface area is 124 Å². The van der Waals surface area contributed by atoms with Gasteiger partial charge < -0.3 is 5.32 Å². The number of rotatable bonds is 5. The fourth-order valence-corrected chi connectivity index (χ4v) is 3.22. The first kappa shape index (κ1) is 15.5. The van der Waals surface area contributed by atoms with Gasteiger partial charge in [0.25, 0.3) is 0 Å². The Balaban J connectivity index is 2.20. The van der Waals surface area contributed by atoms with Gasteiger partial charge in [-0.3, -0.25) is 4.90 Å². The molecule has 2 nitrogen and oxygen atoms in total. The van der Waals surface area contributed by atoms with Crippen molar-refractivity contribution in [3.05, 3.63) is 35.9 Å². The van der Waals surface area contributed by atoms with Gasteiger partial charge in [0.15, 0.2) is 0 Å². The molecule has 4 atom stereocenters. The first-order valence-electron chi connectivity index (χ1n) is 8.21. The van der Waals surface area contributed by atoms with Crippen LogP contribution in [0.1, 0.15) is 52.1 Å². The monoisotopic (exact) mass is 274 g/mol. The molecule has 0 radical (unpaired) electrons. The summed E-state index contributed by atoms with van der Waals surface area (Å²) in [6.07, 6.45) is 2.47. The molecule has 112 valence electrons. The van der Waals surface area contributed by atoms with E-state index < -0.39 is 0 Å². The zero-order valence-electron chi connectivity index (χ0n) is 13.5. The molecule has 1 aromatic carbocycles. The average Bonchev–Trinajstić information content (AvgIpc) is 2.53. The van der Waals surface area contributed by atoms with Crippen molar-refractivity contribution in [2.75, 3.05) is 13.1 Å². The molecule has 2 heteroatoms. The zero-order chi connectivity index (χ0) is 14.5. The topological polar surface area (TPSA) is 15.3 Å². The van der Waals surface area contributed by atoms with Crippen LogP contribution >= 0.6 is 0 Å². The Morgan fingerprint density at radius 1 is 1.20 bits per heavy atom. The number of hydrogen-bond acceptors (Lipinski definition) is 2. The lowest BCUT2D eigenvalue weighted by Gasteiger charge is -2.45. The first-order valence-corrected chi connectivity index (χ1v) is 8.21. The van der Waals surface area contributed by atoms with Crippen LogP contribution in [0.2, 0.25) is 0 Å². The van der Waals surface area contributed by atoms with E-state index >= 15 is 0 Å². The molecule has 1 aliphatic heterocycles. The molecule has 0 saturated carbocycles. The maximum absolute atomic E-state index is 3.72. The number of hydrogen-bond donors (Lipinski definition) is 1. The number of benzene rings is 1. The van der Waals surface area contributed by atoms with E-state index in [9.17, 15) is 0 Å². The van der Waals surface area contributed by atoms with Crippen molar-refractivity contribution in [2.45, 2.75) is 58.7 Å². The largest absolute Gasteiger partial charge is 0.311 e. The molecule has 0 spiro atoms. The summed E-state index contributed by atoms with van der Waals surface area (Å²) in [5, 5.41) is 3.72. The van der Waals surface area contributed by atoms with Gasteiger partial charge in [-0.05, 0) is 24.8 Å². The van der Waals surface area contributed by atoms with E-state index in [1.165, 1.54) is 24.9 Å². The Bertz CT molecular complexity index is 388. The van der Waals surface area contributed by atoms with Gasteiger partial charge in [0.2, 0.25) is 0 Å². The SMILES string of the molecule is CCC1CN(C(C)C(C)CC)C(c2ccccc2)CN1. The lowest BCUT2D eigenvalue weighted by molar-refractivity contribution is 0.0609. The van der Waals surface area contributed by atoms with Gasteiger partial charge in [0.1, 0.15) is 0 Å². The predicted octanol–water partition coefficient (Wildman–Crippen LogP) is 3.85. The summed E-state index contributed by atoms with van der Waals surface area (Å²) in [4.78, 5) is 2.73. The van der Waals surface area contributed by atoms with Crippen LogP contribution in [0.25, 0.3) is 0 Å². The highest BCUT2D eigenvalue weighted by Gasteiger charge is 2.32. The van der Waals surface area contributed by atoms with Gasteiger partial charge in [-0.2, -0.15) is 0 Å². The molecule has 4 unspecified atom stereocenters. The molecule has 0 bridgehead atoms. The van der Waals surface area contributed by atoms with Crippen LogP contribution in [-0.2, 0) is 0 Å². The van der Waals surface area contributed by atoms with E-state index in [0.717, 1.165) is 12.5 Å². The van der Waals surface area contributed by atoms with Gasteiger partial charge in [0, 0.05) is 31.2 Å². The van der Waals surface area contributed by atoms with Gasteiger partial charge in [-0.15, -0.1) is 0 Å². The third-order valence-electron chi connectivity index (χ3n) is 5.10. The van der Waals surface area contributed by atoms with Gasteiger partial charge >= 0.3 is 0 Å². The molecule has 0 aliphatic carbocycles. The molecule has 0 amide bonds. The molecule has 1 aliphatic rings. The highest BCUT2D eigenvalue weighted by molar-refractivity contribution is 5.20. The van der Waals surface area contributed by atoms with Crippen molar-refractivity contribution < 1.29 is 0 Å². The van der Waals surface area contributed by atoms with E-state index in [1.54, 1.807) is 0 Å². The molecular weight excluding hydrogens is 244 g/mol. The number of nitrogens with one attached hydrogen (secondary N) is 1. The van der Waals surface area contributed by atoms with E-state index in [0.29, 0.717) is 18.1 Å². The Morgan fingerprint density at radius 3 is 2.50 bits per heavy atom. The van der Waals surface area contributed by atoms with E-state index in [2.05, 4.69) is 68.2 Å². The van der Waals surface area contributed by atoms with Crippen LogP contribution in [-0.4, -0.2) is 30.1 Å². The fraction of sp³-hybridized carbons (Fsp3) is 0.667. The second-order valence-corrected chi connectivity index (χ2v) is 6.26. The molecule has 1 saturated heterocycles. The van der Waals surface area contributed by atoms with Crippen LogP contribution in [0.3, 0.4) is 0 Å². The van der Waals surface area contributed by atoms with Gasteiger partial charge in [-0.1, -0.05) is 57.5 Å². The molecule has 0 aromatic heterocycles. The van der Waals surface area contributed by atoms with E-state index in [1.807, 2.05) is 0 Å². The molecule has 1 N–H and O–H groups in total. The summed E-state index contributed by atoms with van der Waals surface area (Å²) in [5.74, 6) is 0.747. The highest BCUT2D eigenvalue weighted by Crippen LogP contribution is 2.29. The summed E-state index contributed by atoms with van der Waals surface area (Å²) < 4.78 is 0. The van der Waals surface area contributed by atoms with Crippen molar-refractivity contribution >= 4 is 0 Å². The Kier molecular flexibility index (Phi) is 5.62. The van der Waals surface area contributed by atoms with Crippen molar-refractivity contribution in [2.24, 2.45) is 5.92 Å². The normalized spacial score (nSPS) is 27.2. The van der Waals surface area contributed by atoms with E-state index in [4.69, 9.17) is 0 Å². The average molecular weight is 274 g/mol. The number of nitrogens with zero attached hydrogens (tertiary/aromatic N) is 1. The van der Waals surface area contributed by atoms with Gasteiger partial charge in [0.05, 0.1) is 0 Å². The Morgan fingerprint density at radius 2 is 1.90 bits per heavy atom. The lowest BCUT2D eigenvalue weighted by atomic mass is 9.92. The summed E-state index contributed by atoms with van der Waals surface area (Å²) >= 11 is 0. The minimum absolute atomic E-state index is 0.517. The summed E-state index contributed by atoms with van der Waals surface area (Å²) in [5.41, 5.74) is 1.45. The maximum atomic E-state index is 3.72. The smallest absolute Gasteiger partial charge is 0.0476 e. The minimum Gasteiger partial charge on any atom is -0.311 e. The third kappa shape index (κ3) is 3.42. The second-order valence-electron chi connectivity index (χ2n) is 6.26. The third-order valence-corrected chi connectivity index (χ3v) is 5.10. The first-order chi connectivity index (χ1) is 9.67. The van der Waals surface area contributed by atoms with Crippen LogP contribution in [0, 0.1) is 5.92 Å². The lowest BCUT2D eigenvalue weighted by Crippen LogP contribution is -2.55. The van der Waals surface area contributed by atoms with Crippen LogP contribution in [0.15, 0.2) is 30.3 Å². The quantitative estimate of drug-likeness (QED) is 0.877. The van der Waals surface area contributed by atoms with Crippen molar-refractivity contribution in [3.63, 3.8) is 0 Å². The van der Waals surface area contributed by atoms with Gasteiger partial charge in [-0.25, -0.2) is 0 Å². The second kappa shape index (κ2) is 7.24. The zero-order valence-corrected chi connectivity index (χ0v) is 13.5. The molecule has 1 aromatic rings. The molecule has 1 heterocycles. The van der Waals surface area contributed by atoms with E-state index in [-0.39, 0.29) is 0 Å². The molecular formula is C18H30N2. The summed E-state index contributed by atoms with van der Waals surface area (Å²) in [6.45, 7) is 11.6. The van der Waals surface area contributed by atoms with Crippen LogP contribution in [0.5, 0.6) is 0 Å². The minimum atomic E-state index is 0.517. The van der Waals surface area contributed by atoms with Crippen LogP contribution in [0.4, 0.5) is 0 Å². The summed E-state index contributed by atoms with van der Waals surface area (Å²) in [6, 6.07) is 12.8. The maximum Gasteiger partial charge on any atom is 0.0476 e. The highest BCUT2D eigenvalue weighted by atomic mass is 15.3. The molecule has 20 heavy (non-hydrogen) atoms. The predicted molar refractivity (Wildman–Crippen MR) is 86.9 cm³/mol. The van der Waals surface area contributed by atoms with Crippen molar-refractivity contribution in [1.82, 2.24) is 10.2 Å². The molecule has 2 rings (SSSR count). The van der Waals surface area contributed by atoms with Crippen molar-refractivity contribution in [1.29, 1.82) is 0 Å². The fourth-order valence-electron chi connectivity index (χ4n) is 3.22. The standard InChI is InChI=1S/C18H30N2/c1-5-14(3)15(4)20-13-17(6-2)19-12-18(20)16-10-8-7-9-11-16/h7-11,14-15,17-19H,5-6,12-13H2,1-4H3.